The van der Waals surface area contributed by atoms with Gasteiger partial charge in [-0.2, -0.15) is 5.10 Å². The molecule has 0 atom stereocenters. The van der Waals surface area contributed by atoms with Gasteiger partial charge in [-0.15, -0.1) is 0 Å². The number of halogens is 2. The van der Waals surface area contributed by atoms with E-state index in [4.69, 9.17) is 27.7 Å². The first-order valence-electron chi connectivity index (χ1n) is 5.07. The van der Waals surface area contributed by atoms with E-state index in [0.717, 1.165) is 0 Å². The largest absolute Gasteiger partial charge is 0.336 e. The van der Waals surface area contributed by atoms with Gasteiger partial charge < -0.3 is 4.52 Å². The average Bonchev–Trinajstić information content (AvgIpc) is 2.73. The van der Waals surface area contributed by atoms with E-state index in [-0.39, 0.29) is 26.6 Å². The summed E-state index contributed by atoms with van der Waals surface area (Å²) in [4.78, 5) is -0.123. The third-order valence-corrected chi connectivity index (χ3v) is 4.86. The van der Waals surface area contributed by atoms with Crippen LogP contribution in [-0.4, -0.2) is 23.4 Å². The summed E-state index contributed by atoms with van der Waals surface area (Å²) in [5.74, 6) is -0.154. The van der Waals surface area contributed by atoms with Crippen molar-refractivity contribution < 1.29 is 12.9 Å². The molecule has 0 aliphatic rings. The maximum absolute atomic E-state index is 12.2. The molecule has 10 heteroatoms. The van der Waals surface area contributed by atoms with Crippen LogP contribution in [-0.2, 0) is 17.1 Å². The molecular formula is C9H10Cl2N4O3S. The molecule has 2 heterocycles. The summed E-state index contributed by atoms with van der Waals surface area (Å²) in [6.07, 6.45) is 0. The molecule has 19 heavy (non-hydrogen) atoms. The second-order valence-electron chi connectivity index (χ2n) is 3.85. The highest BCUT2D eigenvalue weighted by atomic mass is 35.5. The lowest BCUT2D eigenvalue weighted by molar-refractivity contribution is 0.430. The highest BCUT2D eigenvalue weighted by Gasteiger charge is 2.27. The number of rotatable bonds is 3. The van der Waals surface area contributed by atoms with Crippen molar-refractivity contribution in [2.24, 2.45) is 7.05 Å². The van der Waals surface area contributed by atoms with E-state index < -0.39 is 10.0 Å². The van der Waals surface area contributed by atoms with E-state index in [9.17, 15) is 8.42 Å². The van der Waals surface area contributed by atoms with E-state index in [1.165, 1.54) is 11.6 Å². The summed E-state index contributed by atoms with van der Waals surface area (Å²) in [6, 6.07) is 0. The molecule has 0 aromatic carbocycles. The first-order chi connectivity index (χ1) is 8.74. The number of hydrogen-bond donors (Lipinski definition) is 1. The Kier molecular flexibility index (Phi) is 3.50. The molecule has 0 aliphatic heterocycles. The van der Waals surface area contributed by atoms with Gasteiger partial charge in [-0.3, -0.25) is 4.68 Å². The fourth-order valence-electron chi connectivity index (χ4n) is 1.51. The lowest BCUT2D eigenvalue weighted by Crippen LogP contribution is -2.14. The molecule has 0 saturated heterocycles. The zero-order valence-electron chi connectivity index (χ0n) is 10.2. The summed E-state index contributed by atoms with van der Waals surface area (Å²) < 4.78 is 32.7. The summed E-state index contributed by atoms with van der Waals surface area (Å²) in [7, 11) is -2.40. The summed E-state index contributed by atoms with van der Waals surface area (Å²) in [6.45, 7) is 3.12. The van der Waals surface area contributed by atoms with Crippen LogP contribution >= 0.6 is 23.2 Å². The lowest BCUT2D eigenvalue weighted by Gasteiger charge is -2.04. The van der Waals surface area contributed by atoms with Gasteiger partial charge in [-0.1, -0.05) is 28.4 Å². The van der Waals surface area contributed by atoms with Crippen molar-refractivity contribution >= 4 is 39.1 Å². The minimum absolute atomic E-state index is 0.00244. The number of nitrogens with zero attached hydrogens (tertiary/aromatic N) is 3. The smallest absolute Gasteiger partial charge is 0.269 e. The van der Waals surface area contributed by atoms with Gasteiger partial charge in [0.05, 0.1) is 5.69 Å². The Hall–Kier alpha value is -1.25. The third kappa shape index (κ3) is 2.43. The van der Waals surface area contributed by atoms with Gasteiger partial charge in [0.25, 0.3) is 15.9 Å². The van der Waals surface area contributed by atoms with E-state index in [1.807, 2.05) is 0 Å². The summed E-state index contributed by atoms with van der Waals surface area (Å²) >= 11 is 11.8. The molecule has 7 nitrogen and oxygen atoms in total. The topological polar surface area (TPSA) is 90.0 Å². The quantitative estimate of drug-likeness (QED) is 0.933. The molecule has 2 aromatic rings. The summed E-state index contributed by atoms with van der Waals surface area (Å²) in [5.41, 5.74) is 0.653. The lowest BCUT2D eigenvalue weighted by atomic mass is 10.5. The molecular weight excluding hydrogens is 315 g/mol. The van der Waals surface area contributed by atoms with E-state index >= 15 is 0 Å². The Labute approximate surface area is 119 Å². The fourth-order valence-corrected chi connectivity index (χ4v) is 3.43. The molecule has 0 amide bonds. The van der Waals surface area contributed by atoms with Crippen LogP contribution in [0.3, 0.4) is 0 Å². The van der Waals surface area contributed by atoms with Crippen LogP contribution in [0.15, 0.2) is 9.42 Å². The molecule has 0 spiro atoms. The number of hydrogen-bond acceptors (Lipinski definition) is 5. The van der Waals surface area contributed by atoms with Crippen LogP contribution in [0, 0.1) is 13.8 Å². The first kappa shape index (κ1) is 14.2. The zero-order valence-corrected chi connectivity index (χ0v) is 12.6. The molecule has 0 fully saturated rings. The van der Waals surface area contributed by atoms with E-state index in [2.05, 4.69) is 15.0 Å². The molecule has 2 aromatic heterocycles. The van der Waals surface area contributed by atoms with Crippen LogP contribution in [0.25, 0.3) is 0 Å². The van der Waals surface area contributed by atoms with Gasteiger partial charge >= 0.3 is 0 Å². The van der Waals surface area contributed by atoms with Crippen LogP contribution < -0.4 is 4.72 Å². The van der Waals surface area contributed by atoms with Gasteiger partial charge in [0, 0.05) is 7.05 Å². The van der Waals surface area contributed by atoms with Crippen molar-refractivity contribution in [3.05, 3.63) is 21.6 Å². The SMILES string of the molecule is Cc1noc(NS(=O)(=O)c2c(C)nn(C)c2Cl)c1Cl. The predicted molar refractivity (Wildman–Crippen MR) is 70.0 cm³/mol. The minimum Gasteiger partial charge on any atom is -0.336 e. The van der Waals surface area contributed by atoms with Crippen molar-refractivity contribution in [1.82, 2.24) is 14.9 Å². The Morgan fingerprint density at radius 2 is 1.89 bits per heavy atom. The Morgan fingerprint density at radius 3 is 2.32 bits per heavy atom. The van der Waals surface area contributed by atoms with Crippen LogP contribution in [0.5, 0.6) is 0 Å². The predicted octanol–water partition coefficient (Wildman–Crippen LogP) is 2.13. The van der Waals surface area contributed by atoms with Gasteiger partial charge in [0.1, 0.15) is 20.8 Å². The highest BCUT2D eigenvalue weighted by Crippen LogP contribution is 2.30. The average molecular weight is 325 g/mol. The van der Waals surface area contributed by atoms with E-state index in [0.29, 0.717) is 5.69 Å². The molecule has 0 radical (unpaired) electrons. The molecule has 0 saturated carbocycles. The summed E-state index contributed by atoms with van der Waals surface area (Å²) in [5, 5.41) is 7.58. The van der Waals surface area contributed by atoms with Gasteiger partial charge in [0.15, 0.2) is 0 Å². The number of aryl methyl sites for hydroxylation is 3. The molecule has 104 valence electrons. The zero-order chi connectivity index (χ0) is 14.4. The molecule has 0 unspecified atom stereocenters. The normalized spacial score (nSPS) is 11.8. The van der Waals surface area contributed by atoms with Crippen molar-refractivity contribution in [2.75, 3.05) is 4.72 Å². The Morgan fingerprint density at radius 1 is 1.26 bits per heavy atom. The van der Waals surface area contributed by atoms with Crippen molar-refractivity contribution in [2.45, 2.75) is 18.7 Å². The van der Waals surface area contributed by atoms with Crippen LogP contribution in [0.4, 0.5) is 5.88 Å². The number of sulfonamides is 1. The van der Waals surface area contributed by atoms with Crippen LogP contribution in [0.2, 0.25) is 10.2 Å². The van der Waals surface area contributed by atoms with E-state index in [1.54, 1.807) is 14.0 Å². The Bertz CT molecular complexity index is 735. The number of nitrogens with one attached hydrogen (secondary N) is 1. The first-order valence-corrected chi connectivity index (χ1v) is 7.31. The maximum atomic E-state index is 12.2. The van der Waals surface area contributed by atoms with Crippen molar-refractivity contribution in [1.29, 1.82) is 0 Å². The molecule has 1 N–H and O–H groups in total. The maximum Gasteiger partial charge on any atom is 0.269 e. The fraction of sp³-hybridized carbons (Fsp3) is 0.333. The molecule has 0 bridgehead atoms. The third-order valence-electron chi connectivity index (χ3n) is 2.39. The second-order valence-corrected chi connectivity index (χ2v) is 6.20. The minimum atomic E-state index is -3.95. The Balaban J connectivity index is 2.47. The number of aromatic nitrogens is 3. The number of anilines is 1. The molecule has 0 aliphatic carbocycles. The van der Waals surface area contributed by atoms with Crippen molar-refractivity contribution in [3.8, 4) is 0 Å². The van der Waals surface area contributed by atoms with Gasteiger partial charge in [-0.25, -0.2) is 13.1 Å². The standard InChI is InChI=1S/C9H10Cl2N4O3S/c1-4-6(10)9(18-13-4)14-19(16,17)7-5(2)12-15(3)8(7)11/h14H,1-3H3. The van der Waals surface area contributed by atoms with Gasteiger partial charge in [-0.05, 0) is 13.8 Å². The highest BCUT2D eigenvalue weighted by molar-refractivity contribution is 7.92. The molecule has 2 rings (SSSR count). The monoisotopic (exact) mass is 324 g/mol. The van der Waals surface area contributed by atoms with Gasteiger partial charge in [0.2, 0.25) is 0 Å². The second kappa shape index (κ2) is 4.69. The van der Waals surface area contributed by atoms with Crippen LogP contribution in [0.1, 0.15) is 11.4 Å². The van der Waals surface area contributed by atoms with Crippen molar-refractivity contribution in [3.63, 3.8) is 0 Å².